The van der Waals surface area contributed by atoms with Crippen LogP contribution in [0.3, 0.4) is 0 Å². The average Bonchev–Trinajstić information content (AvgIpc) is 3.14. The van der Waals surface area contributed by atoms with Gasteiger partial charge in [-0.1, -0.05) is 30.0 Å². The normalized spacial score (nSPS) is 16.0. The van der Waals surface area contributed by atoms with E-state index in [4.69, 9.17) is 0 Å². The van der Waals surface area contributed by atoms with Crippen molar-refractivity contribution in [2.24, 2.45) is 0 Å². The highest BCUT2D eigenvalue weighted by Gasteiger charge is 2.30. The number of rotatable bonds is 6. The third-order valence-electron chi connectivity index (χ3n) is 4.22. The first-order valence-corrected chi connectivity index (χ1v) is 10.8. The first kappa shape index (κ1) is 18.9. The Labute approximate surface area is 157 Å². The third kappa shape index (κ3) is 4.08. The zero-order valence-corrected chi connectivity index (χ0v) is 16.1. The van der Waals surface area contributed by atoms with Crippen LogP contribution in [-0.2, 0) is 21.4 Å². The summed E-state index contributed by atoms with van der Waals surface area (Å²) >= 11 is 1.35. The fourth-order valence-electron chi connectivity index (χ4n) is 2.71. The van der Waals surface area contributed by atoms with Crippen molar-refractivity contribution in [2.75, 3.05) is 31.9 Å². The Bertz CT molecular complexity index is 846. The van der Waals surface area contributed by atoms with Crippen molar-refractivity contribution >= 4 is 27.7 Å². The van der Waals surface area contributed by atoms with Gasteiger partial charge in [0.2, 0.25) is 15.9 Å². The fourth-order valence-corrected chi connectivity index (χ4v) is 5.04. The summed E-state index contributed by atoms with van der Waals surface area (Å²) in [5.41, 5.74) is 0. The molecule has 0 atom stereocenters. The summed E-state index contributed by atoms with van der Waals surface area (Å²) in [5, 5.41) is 8.56. The molecule has 140 valence electrons. The van der Waals surface area contributed by atoms with E-state index in [0.29, 0.717) is 31.3 Å². The lowest BCUT2D eigenvalue weighted by atomic mass is 10.3. The standard InChI is InChI=1S/C16H21N5O3S2/c1-2-19-13-17-18-16(19)25-12-15(22)20-8-10-21(11-9-20)26(23,24)14-6-4-3-5-7-14/h3-7,13H,2,8-12H2,1H3. The second kappa shape index (κ2) is 8.19. The zero-order chi connectivity index (χ0) is 18.6. The Kier molecular flexibility index (Phi) is 5.94. The summed E-state index contributed by atoms with van der Waals surface area (Å²) in [6, 6.07) is 8.38. The van der Waals surface area contributed by atoms with Gasteiger partial charge in [0, 0.05) is 32.7 Å². The molecule has 0 unspecified atom stereocenters. The largest absolute Gasteiger partial charge is 0.339 e. The Balaban J connectivity index is 1.54. The van der Waals surface area contributed by atoms with Gasteiger partial charge in [-0.25, -0.2) is 8.42 Å². The Morgan fingerprint density at radius 1 is 1.15 bits per heavy atom. The van der Waals surface area contributed by atoms with Gasteiger partial charge in [-0.05, 0) is 19.1 Å². The van der Waals surface area contributed by atoms with Crippen molar-refractivity contribution in [3.63, 3.8) is 0 Å². The molecule has 2 heterocycles. The second-order valence-corrected chi connectivity index (χ2v) is 8.67. The van der Waals surface area contributed by atoms with Crippen LogP contribution in [0.15, 0.2) is 46.7 Å². The van der Waals surface area contributed by atoms with Crippen LogP contribution in [0.2, 0.25) is 0 Å². The minimum atomic E-state index is -3.50. The Morgan fingerprint density at radius 3 is 2.50 bits per heavy atom. The van der Waals surface area contributed by atoms with Crippen LogP contribution in [0.5, 0.6) is 0 Å². The summed E-state index contributed by atoms with van der Waals surface area (Å²) in [7, 11) is -3.50. The lowest BCUT2D eigenvalue weighted by molar-refractivity contribution is -0.129. The summed E-state index contributed by atoms with van der Waals surface area (Å²) < 4.78 is 28.5. The monoisotopic (exact) mass is 395 g/mol. The molecule has 0 N–H and O–H groups in total. The number of aryl methyl sites for hydroxylation is 1. The molecule has 0 radical (unpaired) electrons. The van der Waals surface area contributed by atoms with Gasteiger partial charge in [-0.3, -0.25) is 4.79 Å². The van der Waals surface area contributed by atoms with Crippen LogP contribution in [0.1, 0.15) is 6.92 Å². The summed E-state index contributed by atoms with van der Waals surface area (Å²) in [5.74, 6) is 0.252. The van der Waals surface area contributed by atoms with E-state index in [9.17, 15) is 13.2 Å². The molecule has 1 aliphatic heterocycles. The molecule has 3 rings (SSSR count). The Morgan fingerprint density at radius 2 is 1.85 bits per heavy atom. The molecule has 26 heavy (non-hydrogen) atoms. The highest BCUT2D eigenvalue weighted by atomic mass is 32.2. The van der Waals surface area contributed by atoms with Gasteiger partial charge in [0.25, 0.3) is 0 Å². The number of carbonyl (C=O) groups excluding carboxylic acids is 1. The van der Waals surface area contributed by atoms with Gasteiger partial charge in [0.15, 0.2) is 5.16 Å². The van der Waals surface area contributed by atoms with E-state index in [1.807, 2.05) is 11.5 Å². The first-order chi connectivity index (χ1) is 12.5. The molecule has 0 aliphatic carbocycles. The van der Waals surface area contributed by atoms with Crippen molar-refractivity contribution in [2.45, 2.75) is 23.5 Å². The molecule has 1 aliphatic rings. The number of benzene rings is 1. The van der Waals surface area contributed by atoms with Gasteiger partial charge in [-0.15, -0.1) is 10.2 Å². The quantitative estimate of drug-likeness (QED) is 0.676. The van der Waals surface area contributed by atoms with E-state index in [0.717, 1.165) is 6.54 Å². The summed E-state index contributed by atoms with van der Waals surface area (Å²) in [4.78, 5) is 14.4. The first-order valence-electron chi connectivity index (χ1n) is 8.36. The molecule has 0 bridgehead atoms. The molecule has 10 heteroatoms. The molecule has 1 fully saturated rings. The number of nitrogens with zero attached hydrogens (tertiary/aromatic N) is 5. The molecule has 8 nitrogen and oxygen atoms in total. The van der Waals surface area contributed by atoms with Crippen LogP contribution in [-0.4, -0.2) is 70.2 Å². The second-order valence-electron chi connectivity index (χ2n) is 5.79. The highest BCUT2D eigenvalue weighted by Crippen LogP contribution is 2.19. The summed E-state index contributed by atoms with van der Waals surface area (Å²) in [6.07, 6.45) is 1.64. The number of sulfonamides is 1. The van der Waals surface area contributed by atoms with Crippen LogP contribution < -0.4 is 0 Å². The number of carbonyl (C=O) groups is 1. The van der Waals surface area contributed by atoms with Crippen molar-refractivity contribution in [1.82, 2.24) is 24.0 Å². The molecule has 0 saturated carbocycles. The lowest BCUT2D eigenvalue weighted by Gasteiger charge is -2.34. The fraction of sp³-hybridized carbons (Fsp3) is 0.438. The van der Waals surface area contributed by atoms with Gasteiger partial charge in [0.1, 0.15) is 6.33 Å². The van der Waals surface area contributed by atoms with Gasteiger partial charge >= 0.3 is 0 Å². The van der Waals surface area contributed by atoms with E-state index in [1.165, 1.54) is 16.1 Å². The molecule has 0 spiro atoms. The van der Waals surface area contributed by atoms with Crippen molar-refractivity contribution in [3.05, 3.63) is 36.7 Å². The van der Waals surface area contributed by atoms with E-state index in [2.05, 4.69) is 10.2 Å². The number of hydrogen-bond acceptors (Lipinski definition) is 6. The highest BCUT2D eigenvalue weighted by molar-refractivity contribution is 7.99. The van der Waals surface area contributed by atoms with Crippen molar-refractivity contribution in [1.29, 1.82) is 0 Å². The molecule has 1 saturated heterocycles. The molecular weight excluding hydrogens is 374 g/mol. The van der Waals surface area contributed by atoms with E-state index >= 15 is 0 Å². The lowest BCUT2D eigenvalue weighted by Crippen LogP contribution is -2.50. The maximum atomic E-state index is 12.6. The number of thioether (sulfide) groups is 1. The molecule has 1 aromatic carbocycles. The predicted octanol–water partition coefficient (Wildman–Crippen LogP) is 0.923. The number of amides is 1. The number of piperazine rings is 1. The molecule has 1 amide bonds. The van der Waals surface area contributed by atoms with E-state index in [-0.39, 0.29) is 16.6 Å². The van der Waals surface area contributed by atoms with E-state index in [1.54, 1.807) is 41.6 Å². The maximum Gasteiger partial charge on any atom is 0.243 e. The smallest absolute Gasteiger partial charge is 0.243 e. The van der Waals surface area contributed by atoms with Gasteiger partial charge in [-0.2, -0.15) is 4.31 Å². The minimum Gasteiger partial charge on any atom is -0.339 e. The SMILES string of the molecule is CCn1cnnc1SCC(=O)N1CCN(S(=O)(=O)c2ccccc2)CC1. The zero-order valence-electron chi connectivity index (χ0n) is 14.5. The van der Waals surface area contributed by atoms with Crippen molar-refractivity contribution in [3.8, 4) is 0 Å². The van der Waals surface area contributed by atoms with Crippen LogP contribution in [0, 0.1) is 0 Å². The van der Waals surface area contributed by atoms with Crippen molar-refractivity contribution < 1.29 is 13.2 Å². The molecule has 2 aromatic rings. The van der Waals surface area contributed by atoms with Crippen LogP contribution in [0.25, 0.3) is 0 Å². The maximum absolute atomic E-state index is 12.6. The third-order valence-corrected chi connectivity index (χ3v) is 7.10. The van der Waals surface area contributed by atoms with Crippen LogP contribution in [0.4, 0.5) is 0 Å². The topological polar surface area (TPSA) is 88.4 Å². The minimum absolute atomic E-state index is 0.0163. The number of hydrogen-bond donors (Lipinski definition) is 0. The average molecular weight is 396 g/mol. The van der Waals surface area contributed by atoms with E-state index < -0.39 is 10.0 Å². The van der Waals surface area contributed by atoms with Gasteiger partial charge < -0.3 is 9.47 Å². The van der Waals surface area contributed by atoms with Gasteiger partial charge in [0.05, 0.1) is 10.6 Å². The molecular formula is C16H21N5O3S2. The predicted molar refractivity (Wildman–Crippen MR) is 98.2 cm³/mol. The summed E-state index contributed by atoms with van der Waals surface area (Å²) in [6.45, 7) is 4.14. The van der Waals surface area contributed by atoms with Crippen LogP contribution >= 0.6 is 11.8 Å². The number of aromatic nitrogens is 3. The Hall–Kier alpha value is -1.91. The molecule has 1 aromatic heterocycles.